The molecule has 1 N–H and O–H groups in total. The molecule has 3 nitrogen and oxygen atoms in total. The zero-order valence-electron chi connectivity index (χ0n) is 5.34. The van der Waals surface area contributed by atoms with E-state index >= 15 is 0 Å². The molecule has 0 bridgehead atoms. The molecule has 0 amide bonds. The Morgan fingerprint density at radius 1 is 1.89 bits per heavy atom. The molecule has 52 valence electrons. The highest BCUT2D eigenvalue weighted by Crippen LogP contribution is 2.05. The van der Waals surface area contributed by atoms with E-state index in [1.165, 1.54) is 0 Å². The summed E-state index contributed by atoms with van der Waals surface area (Å²) in [5, 5.41) is 4.13. The molecular formula is C5H10FN3. The second kappa shape index (κ2) is 2.66. The molecular weight excluding hydrogens is 121 g/mol. The Bertz CT molecular complexity index is 115. The van der Waals surface area contributed by atoms with Gasteiger partial charge in [0.25, 0.3) is 0 Å². The summed E-state index contributed by atoms with van der Waals surface area (Å²) in [6.45, 7) is 2.01. The lowest BCUT2D eigenvalue weighted by atomic mass is 10.3. The first-order valence-corrected chi connectivity index (χ1v) is 3.07. The monoisotopic (exact) mass is 131 g/mol. The fourth-order valence-corrected chi connectivity index (χ4v) is 0.771. The fraction of sp³-hybridized carbons (Fsp3) is 0.800. The molecule has 0 radical (unpaired) electrons. The number of nitrogens with zero attached hydrogens (tertiary/aromatic N) is 2. The minimum atomic E-state index is -0.227. The molecule has 0 aromatic heterocycles. The zero-order chi connectivity index (χ0) is 6.69. The van der Waals surface area contributed by atoms with Crippen molar-refractivity contribution in [2.75, 3.05) is 0 Å². The maximum absolute atomic E-state index is 12.4. The zero-order valence-corrected chi connectivity index (χ0v) is 5.34. The normalized spacial score (nSPS) is 24.7. The second-order valence-electron chi connectivity index (χ2n) is 2.02. The molecule has 0 aromatic rings. The van der Waals surface area contributed by atoms with Crippen LogP contribution in [0.4, 0.5) is 4.48 Å². The first kappa shape index (κ1) is 6.32. The summed E-state index contributed by atoms with van der Waals surface area (Å²) in [7, 11) is 0. The number of hydrogen-bond acceptors (Lipinski definition) is 3. The number of nitrogens with one attached hydrogen (secondary N) is 1. The Balaban J connectivity index is 2.28. The van der Waals surface area contributed by atoms with Crippen LogP contribution in [0.25, 0.3) is 0 Å². The lowest BCUT2D eigenvalue weighted by Crippen LogP contribution is -2.30. The first-order chi connectivity index (χ1) is 4.34. The van der Waals surface area contributed by atoms with Gasteiger partial charge in [0.05, 0.1) is 0 Å². The van der Waals surface area contributed by atoms with Crippen LogP contribution in [0.5, 0.6) is 0 Å². The van der Waals surface area contributed by atoms with Crippen molar-refractivity contribution in [3.05, 3.63) is 0 Å². The molecule has 0 saturated carbocycles. The Hall–Kier alpha value is -0.800. The average molecular weight is 131 g/mol. The van der Waals surface area contributed by atoms with E-state index < -0.39 is 0 Å². The van der Waals surface area contributed by atoms with E-state index in [9.17, 15) is 4.48 Å². The second-order valence-corrected chi connectivity index (χ2v) is 2.02. The molecule has 1 aliphatic rings. The summed E-state index contributed by atoms with van der Waals surface area (Å²) >= 11 is 0. The van der Waals surface area contributed by atoms with E-state index in [1.807, 2.05) is 6.92 Å². The molecule has 1 rings (SSSR count). The maximum atomic E-state index is 12.4. The lowest BCUT2D eigenvalue weighted by Gasteiger charge is -2.12. The summed E-state index contributed by atoms with van der Waals surface area (Å²) in [5.74, 6) is 0. The van der Waals surface area contributed by atoms with Crippen LogP contribution in [0.2, 0.25) is 0 Å². The molecule has 4 heteroatoms. The van der Waals surface area contributed by atoms with E-state index in [-0.39, 0.29) is 6.17 Å². The SMILES string of the molecule is CCCC1NN=CN1F. The molecule has 0 aromatic carbocycles. The number of hydrogen-bond donors (Lipinski definition) is 1. The fourth-order valence-electron chi connectivity index (χ4n) is 0.771. The van der Waals surface area contributed by atoms with Gasteiger partial charge in [-0.2, -0.15) is 10.2 Å². The van der Waals surface area contributed by atoms with Gasteiger partial charge in [0, 0.05) is 0 Å². The van der Waals surface area contributed by atoms with Crippen molar-refractivity contribution in [2.24, 2.45) is 5.10 Å². The van der Waals surface area contributed by atoms with Gasteiger partial charge in [-0.05, 0) is 6.42 Å². The number of halogens is 1. The third kappa shape index (κ3) is 1.31. The Kier molecular flexibility index (Phi) is 1.87. The predicted molar refractivity (Wildman–Crippen MR) is 33.3 cm³/mol. The minimum absolute atomic E-state index is 0.227. The van der Waals surface area contributed by atoms with Gasteiger partial charge in [-0.3, -0.25) is 5.43 Å². The topological polar surface area (TPSA) is 27.6 Å². The average Bonchev–Trinajstić information content (AvgIpc) is 2.18. The van der Waals surface area contributed by atoms with E-state index in [1.54, 1.807) is 0 Å². The predicted octanol–water partition coefficient (Wildman–Crippen LogP) is 0.846. The highest BCUT2D eigenvalue weighted by molar-refractivity contribution is 5.55. The standard InChI is InChI=1S/C5H10FN3/c1-2-3-5-8-7-4-9(5)6/h4-5,8H,2-3H2,1H3. The summed E-state index contributed by atoms with van der Waals surface area (Å²) in [6, 6.07) is 0. The summed E-state index contributed by atoms with van der Waals surface area (Å²) in [4.78, 5) is 0. The quantitative estimate of drug-likeness (QED) is 0.562. The highest BCUT2D eigenvalue weighted by atomic mass is 19.2. The van der Waals surface area contributed by atoms with Gasteiger partial charge in [-0.15, -0.1) is 0 Å². The van der Waals surface area contributed by atoms with E-state index in [0.717, 1.165) is 19.2 Å². The molecule has 0 spiro atoms. The van der Waals surface area contributed by atoms with Gasteiger partial charge in [0.15, 0.2) is 0 Å². The van der Waals surface area contributed by atoms with Crippen molar-refractivity contribution in [1.82, 2.24) is 10.5 Å². The maximum Gasteiger partial charge on any atom is 0.146 e. The minimum Gasteiger partial charge on any atom is -0.284 e. The molecule has 0 saturated heterocycles. The van der Waals surface area contributed by atoms with Crippen LogP contribution in [0, 0.1) is 0 Å². The third-order valence-electron chi connectivity index (χ3n) is 1.25. The van der Waals surface area contributed by atoms with Crippen molar-refractivity contribution in [2.45, 2.75) is 25.9 Å². The summed E-state index contributed by atoms with van der Waals surface area (Å²) in [6.07, 6.45) is 2.67. The van der Waals surface area contributed by atoms with Crippen molar-refractivity contribution >= 4 is 6.34 Å². The van der Waals surface area contributed by atoms with Crippen LogP contribution in [-0.2, 0) is 0 Å². The van der Waals surface area contributed by atoms with Crippen LogP contribution in [0.3, 0.4) is 0 Å². The Morgan fingerprint density at radius 3 is 3.11 bits per heavy atom. The molecule has 1 heterocycles. The van der Waals surface area contributed by atoms with Crippen LogP contribution in [0.1, 0.15) is 19.8 Å². The molecule has 9 heavy (non-hydrogen) atoms. The third-order valence-corrected chi connectivity index (χ3v) is 1.25. The van der Waals surface area contributed by atoms with Crippen LogP contribution in [-0.4, -0.2) is 17.6 Å². The van der Waals surface area contributed by atoms with Gasteiger partial charge in [-0.25, -0.2) is 0 Å². The summed E-state index contributed by atoms with van der Waals surface area (Å²) in [5.41, 5.74) is 2.63. The van der Waals surface area contributed by atoms with Gasteiger partial charge < -0.3 is 0 Å². The Morgan fingerprint density at radius 2 is 2.67 bits per heavy atom. The Labute approximate surface area is 53.5 Å². The van der Waals surface area contributed by atoms with Crippen LogP contribution < -0.4 is 5.43 Å². The molecule has 1 unspecified atom stereocenters. The number of hydrazone groups is 1. The largest absolute Gasteiger partial charge is 0.284 e. The van der Waals surface area contributed by atoms with Gasteiger partial charge in [0.1, 0.15) is 12.5 Å². The lowest BCUT2D eigenvalue weighted by molar-refractivity contribution is 0.0677. The van der Waals surface area contributed by atoms with E-state index in [4.69, 9.17) is 0 Å². The molecule has 0 aliphatic carbocycles. The summed E-state index contributed by atoms with van der Waals surface area (Å²) < 4.78 is 12.4. The van der Waals surface area contributed by atoms with Gasteiger partial charge in [0.2, 0.25) is 0 Å². The van der Waals surface area contributed by atoms with Gasteiger partial charge >= 0.3 is 0 Å². The highest BCUT2D eigenvalue weighted by Gasteiger charge is 2.17. The number of rotatable bonds is 2. The molecule has 1 atom stereocenters. The smallest absolute Gasteiger partial charge is 0.146 e. The van der Waals surface area contributed by atoms with Crippen LogP contribution >= 0.6 is 0 Å². The van der Waals surface area contributed by atoms with Crippen molar-refractivity contribution < 1.29 is 4.48 Å². The van der Waals surface area contributed by atoms with E-state index in [0.29, 0.717) is 5.12 Å². The van der Waals surface area contributed by atoms with E-state index in [2.05, 4.69) is 10.5 Å². The first-order valence-electron chi connectivity index (χ1n) is 3.07. The van der Waals surface area contributed by atoms with Crippen molar-refractivity contribution in [3.8, 4) is 0 Å². The molecule has 0 fully saturated rings. The van der Waals surface area contributed by atoms with Gasteiger partial charge in [-0.1, -0.05) is 17.8 Å². The molecule has 1 aliphatic heterocycles. The van der Waals surface area contributed by atoms with Crippen molar-refractivity contribution in [3.63, 3.8) is 0 Å². The van der Waals surface area contributed by atoms with Crippen LogP contribution in [0.15, 0.2) is 5.10 Å². The van der Waals surface area contributed by atoms with Crippen molar-refractivity contribution in [1.29, 1.82) is 0 Å².